The Morgan fingerprint density at radius 2 is 1.74 bits per heavy atom. The van der Waals surface area contributed by atoms with Gasteiger partial charge in [0.25, 0.3) is 11.7 Å². The van der Waals surface area contributed by atoms with Crippen molar-refractivity contribution in [3.05, 3.63) is 57.0 Å². The van der Waals surface area contributed by atoms with E-state index in [1.165, 1.54) is 28.9 Å². The third kappa shape index (κ3) is 8.27. The fourth-order valence-corrected chi connectivity index (χ4v) is 4.55. The smallest absolute Gasteiger partial charge is 0.295 e. The molecule has 7 nitrogen and oxygen atoms in total. The van der Waals surface area contributed by atoms with E-state index in [0.717, 1.165) is 30.5 Å². The lowest BCUT2D eigenvalue weighted by atomic mass is 10.1. The van der Waals surface area contributed by atoms with E-state index in [0.29, 0.717) is 22.7 Å². The van der Waals surface area contributed by atoms with Crippen molar-refractivity contribution in [2.75, 3.05) is 47.9 Å². The van der Waals surface area contributed by atoms with Gasteiger partial charge in [-0.25, -0.2) is 0 Å². The molecular weight excluding hydrogens is 481 g/mol. The van der Waals surface area contributed by atoms with Crippen molar-refractivity contribution in [3.8, 4) is 0 Å². The van der Waals surface area contributed by atoms with Gasteiger partial charge < -0.3 is 14.5 Å². The molecule has 0 fully saturated rings. The summed E-state index contributed by atoms with van der Waals surface area (Å²) in [5.41, 5.74) is 2.72. The van der Waals surface area contributed by atoms with Crippen LogP contribution in [0.1, 0.15) is 39.7 Å². The number of amides is 2. The second-order valence-electron chi connectivity index (χ2n) is 8.59. The Morgan fingerprint density at radius 1 is 1.09 bits per heavy atom. The summed E-state index contributed by atoms with van der Waals surface area (Å²) < 4.78 is 5.47. The summed E-state index contributed by atoms with van der Waals surface area (Å²) in [5, 5.41) is 2.97. The van der Waals surface area contributed by atoms with E-state index in [1.807, 2.05) is 5.38 Å². The van der Waals surface area contributed by atoms with Crippen LogP contribution in [0.3, 0.4) is 0 Å². The Balaban J connectivity index is 1.99. The first-order chi connectivity index (χ1) is 16.6. The first kappa shape index (κ1) is 28.7. The van der Waals surface area contributed by atoms with E-state index in [2.05, 4.69) is 45.3 Å². The maximum atomic E-state index is 12.8. The Bertz CT molecular complexity index is 1060. The van der Waals surface area contributed by atoms with E-state index < -0.39 is 11.7 Å². The summed E-state index contributed by atoms with van der Waals surface area (Å²) in [4.78, 5) is 43.0. The zero-order chi connectivity index (χ0) is 26.1. The lowest BCUT2D eigenvalue weighted by molar-refractivity contribution is -0.130. The number of ketones is 1. The molecule has 1 heterocycles. The molecular formula is C26H36N3O4PS. The summed E-state index contributed by atoms with van der Waals surface area (Å²) in [6.45, 7) is 7.01. The zero-order valence-corrected chi connectivity index (χ0v) is 23.4. The van der Waals surface area contributed by atoms with Crippen LogP contribution in [0, 0.1) is 6.92 Å². The van der Waals surface area contributed by atoms with Crippen LogP contribution in [0.25, 0.3) is 6.08 Å². The van der Waals surface area contributed by atoms with Crippen molar-refractivity contribution in [2.45, 2.75) is 26.8 Å². The highest BCUT2D eigenvalue weighted by Crippen LogP contribution is 2.26. The monoisotopic (exact) mass is 517 g/mol. The minimum atomic E-state index is -0.559. The molecule has 1 atom stereocenters. The molecule has 2 aromatic rings. The third-order valence-corrected chi connectivity index (χ3v) is 7.28. The van der Waals surface area contributed by atoms with E-state index >= 15 is 0 Å². The standard InChI is InChI=1S/C26H36N3O4PS/c1-7-29(16-19-8-10-22(34)11-9-19)13-12-28(5)23(30)15-21(33-6)14-20-17-35-25(18(20)2)24(31)26(32)27(3)4/h8-11,14,17H,7,12-13,15-16,34H2,1-6H3/b21-14+. The Kier molecular flexibility index (Phi) is 11.1. The molecule has 0 N–H and O–H groups in total. The number of methoxy groups -OCH3 is 1. The Hall–Kier alpha value is -2.54. The molecule has 9 heteroatoms. The molecule has 1 unspecified atom stereocenters. The van der Waals surface area contributed by atoms with Crippen molar-refractivity contribution in [1.29, 1.82) is 0 Å². The summed E-state index contributed by atoms with van der Waals surface area (Å²) in [7, 11) is 9.12. The average molecular weight is 518 g/mol. The third-order valence-electron chi connectivity index (χ3n) is 5.80. The van der Waals surface area contributed by atoms with Gasteiger partial charge >= 0.3 is 0 Å². The molecule has 35 heavy (non-hydrogen) atoms. The predicted molar refractivity (Wildman–Crippen MR) is 146 cm³/mol. The summed E-state index contributed by atoms with van der Waals surface area (Å²) in [6.07, 6.45) is 1.88. The highest BCUT2D eigenvalue weighted by atomic mass is 32.1. The van der Waals surface area contributed by atoms with Gasteiger partial charge in [-0.05, 0) is 46.9 Å². The van der Waals surface area contributed by atoms with Crippen LogP contribution < -0.4 is 5.30 Å². The maximum Gasteiger partial charge on any atom is 0.295 e. The number of thiophene rings is 1. The van der Waals surface area contributed by atoms with Gasteiger partial charge in [0.2, 0.25) is 5.91 Å². The van der Waals surface area contributed by atoms with E-state index in [9.17, 15) is 14.4 Å². The molecule has 0 aliphatic rings. The van der Waals surface area contributed by atoms with Gasteiger partial charge in [-0.3, -0.25) is 19.3 Å². The van der Waals surface area contributed by atoms with Crippen LogP contribution in [0.15, 0.2) is 35.4 Å². The number of benzene rings is 1. The molecule has 1 aromatic heterocycles. The van der Waals surface area contributed by atoms with Crippen molar-refractivity contribution in [1.82, 2.24) is 14.7 Å². The number of rotatable bonds is 12. The van der Waals surface area contributed by atoms with Crippen molar-refractivity contribution >= 4 is 49.6 Å². The fourth-order valence-electron chi connectivity index (χ4n) is 3.38. The average Bonchev–Trinajstić information content (AvgIpc) is 3.20. The van der Waals surface area contributed by atoms with Crippen LogP contribution in [0.2, 0.25) is 0 Å². The van der Waals surface area contributed by atoms with Crippen LogP contribution >= 0.6 is 20.6 Å². The molecule has 0 radical (unpaired) electrons. The quantitative estimate of drug-likeness (QED) is 0.187. The molecule has 2 rings (SSSR count). The van der Waals surface area contributed by atoms with E-state index in [-0.39, 0.29) is 12.3 Å². The van der Waals surface area contributed by atoms with Gasteiger partial charge in [0, 0.05) is 40.8 Å². The molecule has 1 aromatic carbocycles. The van der Waals surface area contributed by atoms with Crippen LogP contribution in [-0.2, 0) is 20.9 Å². The lowest BCUT2D eigenvalue weighted by Crippen LogP contribution is -2.36. The van der Waals surface area contributed by atoms with Crippen LogP contribution in [0.5, 0.6) is 0 Å². The predicted octanol–water partition coefficient (Wildman–Crippen LogP) is 3.19. The molecule has 2 amide bonds. The number of hydrogen-bond donors (Lipinski definition) is 0. The Labute approximate surface area is 214 Å². The molecule has 0 aliphatic heterocycles. The first-order valence-electron chi connectivity index (χ1n) is 11.5. The fraction of sp³-hybridized carbons (Fsp3) is 0.423. The highest BCUT2D eigenvalue weighted by Gasteiger charge is 2.23. The number of nitrogens with zero attached hydrogens (tertiary/aromatic N) is 3. The van der Waals surface area contributed by atoms with Gasteiger partial charge in [-0.1, -0.05) is 31.2 Å². The highest BCUT2D eigenvalue weighted by molar-refractivity contribution is 7.27. The van der Waals surface area contributed by atoms with E-state index in [4.69, 9.17) is 4.74 Å². The van der Waals surface area contributed by atoms with Gasteiger partial charge in [-0.2, -0.15) is 0 Å². The first-order valence-corrected chi connectivity index (χ1v) is 12.9. The van der Waals surface area contributed by atoms with Crippen molar-refractivity contribution in [3.63, 3.8) is 0 Å². The number of ether oxygens (including phenoxy) is 1. The number of carbonyl (C=O) groups is 3. The van der Waals surface area contributed by atoms with E-state index in [1.54, 1.807) is 39.0 Å². The van der Waals surface area contributed by atoms with Crippen LogP contribution in [-0.4, -0.2) is 80.2 Å². The minimum Gasteiger partial charge on any atom is -0.501 e. The van der Waals surface area contributed by atoms with Crippen molar-refractivity contribution in [2.24, 2.45) is 0 Å². The zero-order valence-electron chi connectivity index (χ0n) is 21.5. The number of carbonyl (C=O) groups excluding carboxylic acids is 3. The molecule has 0 saturated heterocycles. The van der Waals surface area contributed by atoms with Crippen LogP contribution in [0.4, 0.5) is 0 Å². The second-order valence-corrected chi connectivity index (χ2v) is 10.1. The van der Waals surface area contributed by atoms with Gasteiger partial charge in [0.1, 0.15) is 5.76 Å². The molecule has 0 aliphatic carbocycles. The van der Waals surface area contributed by atoms with Gasteiger partial charge in [0.15, 0.2) is 0 Å². The maximum absolute atomic E-state index is 12.8. The lowest BCUT2D eigenvalue weighted by Gasteiger charge is -2.25. The topological polar surface area (TPSA) is 70.2 Å². The molecule has 0 bridgehead atoms. The normalized spacial score (nSPS) is 11.5. The number of Topliss-reactive ketones (excluding diaryl/α,β-unsaturated/α-hetero) is 1. The number of likely N-dealkylation sites (N-methyl/N-ethyl adjacent to an activating group) is 3. The Morgan fingerprint density at radius 3 is 2.31 bits per heavy atom. The number of hydrogen-bond acceptors (Lipinski definition) is 6. The summed E-state index contributed by atoms with van der Waals surface area (Å²) >= 11 is 1.22. The molecule has 0 spiro atoms. The second kappa shape index (κ2) is 13.5. The van der Waals surface area contributed by atoms with Gasteiger partial charge in [0.05, 0.1) is 18.4 Å². The molecule has 190 valence electrons. The van der Waals surface area contributed by atoms with Gasteiger partial charge in [-0.15, -0.1) is 20.6 Å². The molecule has 0 saturated carbocycles. The largest absolute Gasteiger partial charge is 0.501 e. The van der Waals surface area contributed by atoms with Crippen molar-refractivity contribution < 1.29 is 19.1 Å². The summed E-state index contributed by atoms with van der Waals surface area (Å²) in [6, 6.07) is 8.40. The SMILES string of the molecule is CCN(CCN(C)C(=O)C/C(=C\c1csc(C(=O)C(=O)N(C)C)c1C)OC)Cc1ccc(P)cc1. The summed E-state index contributed by atoms with van der Waals surface area (Å²) in [5.74, 6) is -0.632. The minimum absolute atomic E-state index is 0.0477.